The molecule has 0 aliphatic heterocycles. The first kappa shape index (κ1) is 14.0. The number of ether oxygens (including phenoxy) is 1. The maximum absolute atomic E-state index is 12.8. The molecule has 17 heavy (non-hydrogen) atoms. The fourth-order valence-electron chi connectivity index (χ4n) is 1.21. The van der Waals surface area contributed by atoms with Crippen molar-refractivity contribution < 1.29 is 21.5 Å². The zero-order valence-electron chi connectivity index (χ0n) is 10.2. The number of hydrogen-bond acceptors (Lipinski definition) is 4. The van der Waals surface area contributed by atoms with Gasteiger partial charge in [-0.25, -0.2) is 0 Å². The minimum absolute atomic E-state index is 0.214. The van der Waals surface area contributed by atoms with Crippen LogP contribution in [0, 0.1) is 0 Å². The highest BCUT2D eigenvalue weighted by atomic mass is 32.3. The van der Waals surface area contributed by atoms with E-state index < -0.39 is 23.4 Å². The maximum Gasteiger partial charge on any atom is 0.332 e. The molecular weight excluding hydrogens is 263 g/mol. The molecule has 1 aromatic rings. The van der Waals surface area contributed by atoms with Crippen LogP contribution in [0.4, 0.5) is 3.89 Å². The van der Waals surface area contributed by atoms with Gasteiger partial charge in [0.25, 0.3) is 0 Å². The van der Waals surface area contributed by atoms with Crippen molar-refractivity contribution in [2.45, 2.75) is 24.5 Å². The summed E-state index contributed by atoms with van der Waals surface area (Å²) in [4.78, 5) is -0.433. The van der Waals surface area contributed by atoms with Crippen LogP contribution in [0.25, 0.3) is 0 Å². The van der Waals surface area contributed by atoms with Gasteiger partial charge in [-0.3, -0.25) is 0 Å². The van der Waals surface area contributed by atoms with E-state index in [2.05, 4.69) is 0 Å². The third kappa shape index (κ3) is 4.01. The highest BCUT2D eigenvalue weighted by Gasteiger charge is 2.21. The molecule has 0 aromatic heterocycles. The minimum Gasteiger partial charge on any atom is -0.542 e. The minimum atomic E-state index is -4.72. The van der Waals surface area contributed by atoms with Crippen LogP contribution in [0.15, 0.2) is 23.1 Å². The molecule has 0 amide bonds. The first-order valence-electron chi connectivity index (χ1n) is 4.95. The molecule has 1 rings (SSSR count). The molecule has 0 radical (unpaired) electrons. The van der Waals surface area contributed by atoms with E-state index >= 15 is 0 Å². The van der Waals surface area contributed by atoms with E-state index in [1.54, 1.807) is 0 Å². The summed E-state index contributed by atoms with van der Waals surface area (Å²) in [5.74, 6) is 0.644. The standard InChI is InChI=1S/C10H15FO4SSi/c1-14-10-7-8(16(11,12)13)5-6-9(10)15-17(2,3)4/h5-7H,1-4H3. The Balaban J connectivity index is 3.19. The van der Waals surface area contributed by atoms with Gasteiger partial charge in [0.15, 0.2) is 5.75 Å². The first-order chi connectivity index (χ1) is 7.63. The molecular formula is C10H15FO4SSi. The van der Waals surface area contributed by atoms with Gasteiger partial charge in [0.2, 0.25) is 8.32 Å². The van der Waals surface area contributed by atoms with Crippen LogP contribution in [0.1, 0.15) is 0 Å². The van der Waals surface area contributed by atoms with Crippen LogP contribution < -0.4 is 9.16 Å². The lowest BCUT2D eigenvalue weighted by atomic mass is 10.3. The van der Waals surface area contributed by atoms with E-state index in [0.717, 1.165) is 12.1 Å². The largest absolute Gasteiger partial charge is 0.542 e. The molecule has 0 aliphatic rings. The maximum atomic E-state index is 12.8. The third-order valence-electron chi connectivity index (χ3n) is 1.83. The van der Waals surface area contributed by atoms with Crippen molar-refractivity contribution in [2.75, 3.05) is 7.11 Å². The van der Waals surface area contributed by atoms with Crippen molar-refractivity contribution in [3.8, 4) is 11.5 Å². The van der Waals surface area contributed by atoms with Crippen LogP contribution >= 0.6 is 0 Å². The van der Waals surface area contributed by atoms with Crippen molar-refractivity contribution in [3.05, 3.63) is 18.2 Å². The van der Waals surface area contributed by atoms with Gasteiger partial charge in [0, 0.05) is 6.07 Å². The smallest absolute Gasteiger partial charge is 0.332 e. The van der Waals surface area contributed by atoms with Gasteiger partial charge in [-0.1, -0.05) is 0 Å². The lowest BCUT2D eigenvalue weighted by molar-refractivity contribution is 0.390. The van der Waals surface area contributed by atoms with Gasteiger partial charge in [-0.05, 0) is 31.8 Å². The predicted molar refractivity (Wildman–Crippen MR) is 65.3 cm³/mol. The van der Waals surface area contributed by atoms with Crippen molar-refractivity contribution in [1.29, 1.82) is 0 Å². The Morgan fingerprint density at radius 1 is 1.18 bits per heavy atom. The topological polar surface area (TPSA) is 52.6 Å². The third-order valence-corrected chi connectivity index (χ3v) is 3.48. The molecule has 0 spiro atoms. The zero-order valence-corrected chi connectivity index (χ0v) is 12.0. The lowest BCUT2D eigenvalue weighted by Crippen LogP contribution is -2.29. The molecule has 4 nitrogen and oxygen atoms in total. The second-order valence-electron chi connectivity index (χ2n) is 4.46. The second-order valence-corrected chi connectivity index (χ2v) is 10.2. The zero-order chi connectivity index (χ0) is 13.3. The van der Waals surface area contributed by atoms with E-state index in [1.165, 1.54) is 13.2 Å². The first-order valence-corrected chi connectivity index (χ1v) is 9.74. The Hall–Kier alpha value is -1.08. The Bertz CT molecular complexity index is 508. The summed E-state index contributed by atoms with van der Waals surface area (Å²) in [6.45, 7) is 5.94. The molecule has 1 aromatic carbocycles. The number of rotatable bonds is 4. The lowest BCUT2D eigenvalue weighted by Gasteiger charge is -2.21. The predicted octanol–water partition coefficient (Wildman–Crippen LogP) is 2.57. The van der Waals surface area contributed by atoms with E-state index in [0.29, 0.717) is 5.75 Å². The number of methoxy groups -OCH3 is 1. The summed E-state index contributed by atoms with van der Waals surface area (Å²) in [6.07, 6.45) is 0. The summed E-state index contributed by atoms with van der Waals surface area (Å²) in [6, 6.07) is 3.68. The molecule has 0 atom stereocenters. The monoisotopic (exact) mass is 278 g/mol. The van der Waals surface area contributed by atoms with Gasteiger partial charge < -0.3 is 9.16 Å². The normalized spacial score (nSPS) is 12.3. The van der Waals surface area contributed by atoms with E-state index in [1.807, 2.05) is 19.6 Å². The summed E-state index contributed by atoms with van der Waals surface area (Å²) in [5.41, 5.74) is 0. The van der Waals surface area contributed by atoms with Crippen LogP contribution in [0.3, 0.4) is 0 Å². The van der Waals surface area contributed by atoms with Crippen molar-refractivity contribution in [2.24, 2.45) is 0 Å². The molecule has 0 heterocycles. The molecule has 0 fully saturated rings. The number of halogens is 1. The fraction of sp³-hybridized carbons (Fsp3) is 0.400. The summed E-state index contributed by atoms with van der Waals surface area (Å²) in [7, 11) is -5.18. The van der Waals surface area contributed by atoms with Gasteiger partial charge in [-0.15, -0.1) is 3.89 Å². The van der Waals surface area contributed by atoms with Gasteiger partial charge in [0.05, 0.1) is 7.11 Å². The van der Waals surface area contributed by atoms with Crippen LogP contribution in [0.5, 0.6) is 11.5 Å². The summed E-state index contributed by atoms with van der Waals surface area (Å²) in [5, 5.41) is 0. The van der Waals surface area contributed by atoms with Crippen LogP contribution in [-0.2, 0) is 10.2 Å². The molecule has 96 valence electrons. The molecule has 7 heteroatoms. The molecule has 0 N–H and O–H groups in total. The average molecular weight is 278 g/mol. The Morgan fingerprint density at radius 2 is 1.76 bits per heavy atom. The second kappa shape index (κ2) is 4.65. The quantitative estimate of drug-likeness (QED) is 0.627. The average Bonchev–Trinajstić information content (AvgIpc) is 2.14. The fourth-order valence-corrected chi connectivity index (χ4v) is 2.52. The van der Waals surface area contributed by atoms with Crippen molar-refractivity contribution in [1.82, 2.24) is 0 Å². The van der Waals surface area contributed by atoms with E-state index in [9.17, 15) is 12.3 Å². The highest BCUT2D eigenvalue weighted by molar-refractivity contribution is 7.86. The summed E-state index contributed by atoms with van der Waals surface area (Å²) >= 11 is 0. The van der Waals surface area contributed by atoms with Crippen molar-refractivity contribution in [3.63, 3.8) is 0 Å². The number of hydrogen-bond donors (Lipinski definition) is 0. The molecule has 0 saturated heterocycles. The Labute approximate surface area is 102 Å². The van der Waals surface area contributed by atoms with Crippen LogP contribution in [0.2, 0.25) is 19.6 Å². The SMILES string of the molecule is COc1cc(S(=O)(=O)F)ccc1O[Si](C)(C)C. The Morgan fingerprint density at radius 3 is 2.18 bits per heavy atom. The van der Waals surface area contributed by atoms with Gasteiger partial charge in [0.1, 0.15) is 10.6 Å². The van der Waals surface area contributed by atoms with Gasteiger partial charge >= 0.3 is 10.2 Å². The van der Waals surface area contributed by atoms with Crippen molar-refractivity contribution >= 4 is 18.5 Å². The highest BCUT2D eigenvalue weighted by Crippen LogP contribution is 2.32. The summed E-state index contributed by atoms with van der Waals surface area (Å²) < 4.78 is 45.0. The van der Waals surface area contributed by atoms with E-state index in [-0.39, 0.29) is 5.75 Å². The number of benzene rings is 1. The van der Waals surface area contributed by atoms with Gasteiger partial charge in [-0.2, -0.15) is 8.42 Å². The van der Waals surface area contributed by atoms with E-state index in [4.69, 9.17) is 9.16 Å². The molecule has 0 unspecified atom stereocenters. The molecule has 0 saturated carbocycles. The van der Waals surface area contributed by atoms with Crippen LogP contribution in [-0.4, -0.2) is 23.8 Å². The molecule has 0 aliphatic carbocycles. The molecule has 0 bridgehead atoms. The Kier molecular flexibility index (Phi) is 3.83.